The third kappa shape index (κ3) is 4.93. The first kappa shape index (κ1) is 17.2. The SMILES string of the molecule is NC1CCCC(C(=O)N2CCCC(CN3CCCCCC3)C2)C1. The summed E-state index contributed by atoms with van der Waals surface area (Å²) in [5.74, 6) is 1.29. The molecule has 1 aliphatic carbocycles. The molecule has 2 heterocycles. The average Bonchev–Trinajstić information content (AvgIpc) is 2.83. The monoisotopic (exact) mass is 321 g/mol. The zero-order valence-electron chi connectivity index (χ0n) is 14.7. The number of hydrogen-bond acceptors (Lipinski definition) is 3. The van der Waals surface area contributed by atoms with Gasteiger partial charge in [-0.2, -0.15) is 0 Å². The van der Waals surface area contributed by atoms with Gasteiger partial charge in [0, 0.05) is 31.6 Å². The largest absolute Gasteiger partial charge is 0.342 e. The van der Waals surface area contributed by atoms with Gasteiger partial charge in [0.15, 0.2) is 0 Å². The van der Waals surface area contributed by atoms with Gasteiger partial charge in [0.25, 0.3) is 0 Å². The van der Waals surface area contributed by atoms with Gasteiger partial charge in [0.05, 0.1) is 0 Å². The fraction of sp³-hybridized carbons (Fsp3) is 0.947. The fourth-order valence-electron chi connectivity index (χ4n) is 4.81. The second-order valence-corrected chi connectivity index (χ2v) is 8.13. The van der Waals surface area contributed by atoms with Crippen LogP contribution in [0.15, 0.2) is 0 Å². The lowest BCUT2D eigenvalue weighted by Crippen LogP contribution is -2.47. The number of amides is 1. The van der Waals surface area contributed by atoms with E-state index in [1.54, 1.807) is 0 Å². The van der Waals surface area contributed by atoms with Crippen molar-refractivity contribution in [3.8, 4) is 0 Å². The first-order valence-corrected chi connectivity index (χ1v) is 9.99. The van der Waals surface area contributed by atoms with Crippen LogP contribution in [0.1, 0.15) is 64.2 Å². The Morgan fingerprint density at radius 3 is 2.43 bits per heavy atom. The molecule has 1 saturated carbocycles. The molecule has 2 N–H and O–H groups in total. The van der Waals surface area contributed by atoms with E-state index in [-0.39, 0.29) is 12.0 Å². The molecular weight excluding hydrogens is 286 g/mol. The quantitative estimate of drug-likeness (QED) is 0.869. The van der Waals surface area contributed by atoms with Gasteiger partial charge in [-0.1, -0.05) is 19.3 Å². The van der Waals surface area contributed by atoms with Gasteiger partial charge < -0.3 is 15.5 Å². The van der Waals surface area contributed by atoms with Crippen molar-refractivity contribution in [2.75, 3.05) is 32.7 Å². The number of likely N-dealkylation sites (tertiary alicyclic amines) is 2. The van der Waals surface area contributed by atoms with E-state index in [9.17, 15) is 4.79 Å². The van der Waals surface area contributed by atoms with Gasteiger partial charge >= 0.3 is 0 Å². The maximum atomic E-state index is 12.8. The van der Waals surface area contributed by atoms with E-state index in [0.717, 1.165) is 38.8 Å². The first-order chi connectivity index (χ1) is 11.2. The molecule has 3 fully saturated rings. The highest BCUT2D eigenvalue weighted by Gasteiger charge is 2.32. The maximum Gasteiger partial charge on any atom is 0.225 e. The van der Waals surface area contributed by atoms with Crippen LogP contribution in [0.3, 0.4) is 0 Å². The second kappa shape index (κ2) is 8.48. The molecule has 3 unspecified atom stereocenters. The zero-order chi connectivity index (χ0) is 16.1. The van der Waals surface area contributed by atoms with Gasteiger partial charge in [-0.3, -0.25) is 4.79 Å². The molecule has 3 aliphatic rings. The highest BCUT2D eigenvalue weighted by atomic mass is 16.2. The molecule has 0 aromatic carbocycles. The van der Waals surface area contributed by atoms with Crippen LogP contribution in [0.5, 0.6) is 0 Å². The lowest BCUT2D eigenvalue weighted by atomic mass is 9.84. The fourth-order valence-corrected chi connectivity index (χ4v) is 4.81. The van der Waals surface area contributed by atoms with Crippen molar-refractivity contribution >= 4 is 5.91 Å². The highest BCUT2D eigenvalue weighted by molar-refractivity contribution is 5.79. The van der Waals surface area contributed by atoms with Crippen LogP contribution in [0, 0.1) is 11.8 Å². The lowest BCUT2D eigenvalue weighted by molar-refractivity contribution is -0.138. The van der Waals surface area contributed by atoms with Crippen LogP contribution in [0.2, 0.25) is 0 Å². The minimum Gasteiger partial charge on any atom is -0.342 e. The number of piperidine rings is 1. The van der Waals surface area contributed by atoms with E-state index in [0.29, 0.717) is 11.8 Å². The molecule has 132 valence electrons. The average molecular weight is 322 g/mol. The molecule has 0 radical (unpaired) electrons. The van der Waals surface area contributed by atoms with Gasteiger partial charge in [-0.05, 0) is 64.0 Å². The molecule has 1 amide bonds. The Bertz CT molecular complexity index is 379. The van der Waals surface area contributed by atoms with Crippen molar-refractivity contribution in [2.45, 2.75) is 70.3 Å². The number of nitrogens with zero attached hydrogens (tertiary/aromatic N) is 2. The predicted octanol–water partition coefficient (Wildman–Crippen LogP) is 2.62. The van der Waals surface area contributed by atoms with Gasteiger partial charge in [-0.15, -0.1) is 0 Å². The van der Waals surface area contributed by atoms with Crippen molar-refractivity contribution in [1.82, 2.24) is 9.80 Å². The Kier molecular flexibility index (Phi) is 6.35. The van der Waals surface area contributed by atoms with Crippen molar-refractivity contribution in [3.05, 3.63) is 0 Å². The summed E-state index contributed by atoms with van der Waals surface area (Å²) in [6, 6.07) is 0.246. The summed E-state index contributed by atoms with van der Waals surface area (Å²) in [7, 11) is 0. The van der Waals surface area contributed by atoms with Crippen LogP contribution in [0.4, 0.5) is 0 Å². The van der Waals surface area contributed by atoms with Crippen LogP contribution in [0.25, 0.3) is 0 Å². The number of rotatable bonds is 3. The van der Waals surface area contributed by atoms with E-state index in [1.807, 2.05) is 0 Å². The van der Waals surface area contributed by atoms with Crippen molar-refractivity contribution in [2.24, 2.45) is 17.6 Å². The Morgan fingerprint density at radius 1 is 0.913 bits per heavy atom. The summed E-state index contributed by atoms with van der Waals surface area (Å²) in [5, 5.41) is 0. The number of carbonyl (C=O) groups excluding carboxylic acids is 1. The summed E-state index contributed by atoms with van der Waals surface area (Å²) < 4.78 is 0. The maximum absolute atomic E-state index is 12.8. The standard InChI is InChI=1S/C19H35N3O/c20-18-9-5-8-17(13-18)19(23)22-12-6-7-16(15-22)14-21-10-3-1-2-4-11-21/h16-18H,1-15,20H2. The minimum absolute atomic E-state index is 0.204. The van der Waals surface area contributed by atoms with Gasteiger partial charge in [0.1, 0.15) is 0 Å². The van der Waals surface area contributed by atoms with E-state index in [2.05, 4.69) is 9.80 Å². The molecule has 2 saturated heterocycles. The summed E-state index contributed by atoms with van der Waals surface area (Å²) >= 11 is 0. The van der Waals surface area contributed by atoms with Crippen LogP contribution in [-0.2, 0) is 4.79 Å². The summed E-state index contributed by atoms with van der Waals surface area (Å²) in [4.78, 5) is 17.7. The predicted molar refractivity (Wildman–Crippen MR) is 94.1 cm³/mol. The van der Waals surface area contributed by atoms with E-state index < -0.39 is 0 Å². The van der Waals surface area contributed by atoms with Crippen molar-refractivity contribution in [3.63, 3.8) is 0 Å². The molecule has 2 aliphatic heterocycles. The molecule has 3 rings (SSSR count). The van der Waals surface area contributed by atoms with Crippen molar-refractivity contribution < 1.29 is 4.79 Å². The second-order valence-electron chi connectivity index (χ2n) is 8.13. The zero-order valence-corrected chi connectivity index (χ0v) is 14.7. The highest BCUT2D eigenvalue weighted by Crippen LogP contribution is 2.27. The Labute approximate surface area is 141 Å². The lowest BCUT2D eigenvalue weighted by Gasteiger charge is -2.38. The number of carbonyl (C=O) groups is 1. The molecule has 0 aromatic rings. The first-order valence-electron chi connectivity index (χ1n) is 9.99. The molecular formula is C19H35N3O. The minimum atomic E-state index is 0.204. The van der Waals surface area contributed by atoms with Gasteiger partial charge in [-0.25, -0.2) is 0 Å². The van der Waals surface area contributed by atoms with Crippen LogP contribution in [-0.4, -0.2) is 54.5 Å². The van der Waals surface area contributed by atoms with Crippen LogP contribution >= 0.6 is 0 Å². The molecule has 0 spiro atoms. The third-order valence-corrected chi connectivity index (χ3v) is 6.11. The van der Waals surface area contributed by atoms with E-state index >= 15 is 0 Å². The topological polar surface area (TPSA) is 49.6 Å². The third-order valence-electron chi connectivity index (χ3n) is 6.11. The van der Waals surface area contributed by atoms with Gasteiger partial charge in [0.2, 0.25) is 5.91 Å². The number of hydrogen-bond donors (Lipinski definition) is 1. The smallest absolute Gasteiger partial charge is 0.225 e. The van der Waals surface area contributed by atoms with Crippen molar-refractivity contribution in [1.29, 1.82) is 0 Å². The Balaban J connectivity index is 1.49. The van der Waals surface area contributed by atoms with Crippen LogP contribution < -0.4 is 5.73 Å². The molecule has 4 nitrogen and oxygen atoms in total. The molecule has 23 heavy (non-hydrogen) atoms. The molecule has 0 aromatic heterocycles. The summed E-state index contributed by atoms with van der Waals surface area (Å²) in [5.41, 5.74) is 6.08. The Morgan fingerprint density at radius 2 is 1.70 bits per heavy atom. The normalized spacial score (nSPS) is 34.1. The summed E-state index contributed by atoms with van der Waals surface area (Å²) in [6.07, 6.45) is 12.2. The van der Waals surface area contributed by atoms with E-state index in [1.165, 1.54) is 58.2 Å². The molecule has 0 bridgehead atoms. The number of nitrogens with two attached hydrogens (primary N) is 1. The summed E-state index contributed by atoms with van der Waals surface area (Å²) in [6.45, 7) is 5.69. The Hall–Kier alpha value is -0.610. The molecule has 3 atom stereocenters. The molecule has 4 heteroatoms. The van der Waals surface area contributed by atoms with E-state index in [4.69, 9.17) is 5.73 Å².